The minimum atomic E-state index is 0.0248. The van der Waals surface area contributed by atoms with Crippen molar-refractivity contribution in [3.63, 3.8) is 0 Å². The minimum Gasteiger partial charge on any atom is -0.416 e. The molecule has 0 atom stereocenters. The highest BCUT2D eigenvalue weighted by Gasteiger charge is 2.15. The Labute approximate surface area is 147 Å². The van der Waals surface area contributed by atoms with Crippen LogP contribution in [0, 0.1) is 5.92 Å². The Balaban J connectivity index is 1.80. The van der Waals surface area contributed by atoms with Gasteiger partial charge in [-0.05, 0) is 43.2 Å². The summed E-state index contributed by atoms with van der Waals surface area (Å²) in [4.78, 5) is 12.2. The fourth-order valence-corrected chi connectivity index (χ4v) is 2.67. The average Bonchev–Trinajstić information content (AvgIpc) is 3.14. The number of benzene rings is 2. The molecule has 0 bridgehead atoms. The smallest absolute Gasteiger partial charge is 0.248 e. The predicted molar refractivity (Wildman–Crippen MR) is 97.9 cm³/mol. The Kier molecular flexibility index (Phi) is 5.23. The van der Waals surface area contributed by atoms with E-state index in [4.69, 9.17) is 4.42 Å². The first-order valence-electron chi connectivity index (χ1n) is 8.51. The third kappa shape index (κ3) is 3.94. The van der Waals surface area contributed by atoms with E-state index in [1.165, 1.54) is 0 Å². The molecule has 2 aromatic carbocycles. The number of rotatable bonds is 6. The van der Waals surface area contributed by atoms with Crippen LogP contribution in [-0.4, -0.2) is 16.1 Å². The van der Waals surface area contributed by atoms with Crippen LogP contribution in [0.5, 0.6) is 0 Å². The Morgan fingerprint density at radius 2 is 1.60 bits per heavy atom. The molecule has 0 saturated carbocycles. The zero-order valence-corrected chi connectivity index (χ0v) is 14.4. The van der Waals surface area contributed by atoms with Crippen LogP contribution in [0.1, 0.15) is 26.7 Å². The van der Waals surface area contributed by atoms with Gasteiger partial charge < -0.3 is 9.73 Å². The topological polar surface area (TPSA) is 68.0 Å². The number of nitrogens with one attached hydrogen (secondary N) is 1. The van der Waals surface area contributed by atoms with Crippen molar-refractivity contribution >= 4 is 11.6 Å². The van der Waals surface area contributed by atoms with Gasteiger partial charge in [-0.15, -0.1) is 10.2 Å². The number of anilines is 1. The first kappa shape index (κ1) is 16.9. The highest BCUT2D eigenvalue weighted by atomic mass is 16.4. The average molecular weight is 335 g/mol. The molecule has 3 rings (SSSR count). The molecular formula is C20H21N3O2. The van der Waals surface area contributed by atoms with E-state index < -0.39 is 0 Å². The zero-order valence-electron chi connectivity index (χ0n) is 14.4. The van der Waals surface area contributed by atoms with E-state index in [1.54, 1.807) is 0 Å². The van der Waals surface area contributed by atoms with Gasteiger partial charge in [-0.1, -0.05) is 38.1 Å². The van der Waals surface area contributed by atoms with Gasteiger partial charge in [0.2, 0.25) is 17.7 Å². The SMILES string of the molecule is CCC(CC)C(=O)Nc1cccc(-c2nnc(-c3ccccc3)o2)c1. The molecule has 3 aromatic rings. The third-order valence-corrected chi connectivity index (χ3v) is 4.18. The lowest BCUT2D eigenvalue weighted by Crippen LogP contribution is -2.21. The highest BCUT2D eigenvalue weighted by Crippen LogP contribution is 2.26. The van der Waals surface area contributed by atoms with Gasteiger partial charge in [0.05, 0.1) is 0 Å². The van der Waals surface area contributed by atoms with Crippen molar-refractivity contribution in [1.82, 2.24) is 10.2 Å². The molecule has 0 unspecified atom stereocenters. The number of nitrogens with zero attached hydrogens (tertiary/aromatic N) is 2. The van der Waals surface area contributed by atoms with Gasteiger partial charge in [0, 0.05) is 22.7 Å². The summed E-state index contributed by atoms with van der Waals surface area (Å²) in [5.41, 5.74) is 2.38. The molecule has 0 fully saturated rings. The first-order valence-corrected chi connectivity index (χ1v) is 8.51. The molecule has 5 nitrogen and oxygen atoms in total. The summed E-state index contributed by atoms with van der Waals surface area (Å²) >= 11 is 0. The second-order valence-corrected chi connectivity index (χ2v) is 5.86. The summed E-state index contributed by atoms with van der Waals surface area (Å²) in [6, 6.07) is 17.1. The van der Waals surface area contributed by atoms with Crippen molar-refractivity contribution in [3.8, 4) is 22.9 Å². The summed E-state index contributed by atoms with van der Waals surface area (Å²) < 4.78 is 5.77. The van der Waals surface area contributed by atoms with Gasteiger partial charge in [0.1, 0.15) is 0 Å². The Morgan fingerprint density at radius 3 is 2.28 bits per heavy atom. The maximum Gasteiger partial charge on any atom is 0.248 e. The molecule has 1 heterocycles. The molecule has 0 aliphatic rings. The van der Waals surface area contributed by atoms with Crippen molar-refractivity contribution < 1.29 is 9.21 Å². The molecule has 128 valence electrons. The van der Waals surface area contributed by atoms with E-state index in [1.807, 2.05) is 68.4 Å². The van der Waals surface area contributed by atoms with Gasteiger partial charge in [0.15, 0.2) is 0 Å². The number of amides is 1. The predicted octanol–water partition coefficient (Wildman–Crippen LogP) is 4.78. The quantitative estimate of drug-likeness (QED) is 0.704. The van der Waals surface area contributed by atoms with Gasteiger partial charge in [-0.3, -0.25) is 4.79 Å². The van der Waals surface area contributed by atoms with Crippen LogP contribution < -0.4 is 5.32 Å². The third-order valence-electron chi connectivity index (χ3n) is 4.18. The second kappa shape index (κ2) is 7.75. The van der Waals surface area contributed by atoms with Crippen LogP contribution >= 0.6 is 0 Å². The molecule has 25 heavy (non-hydrogen) atoms. The van der Waals surface area contributed by atoms with Crippen LogP contribution in [-0.2, 0) is 4.79 Å². The summed E-state index contributed by atoms with van der Waals surface area (Å²) in [6.07, 6.45) is 1.65. The number of carbonyl (C=O) groups is 1. The van der Waals surface area contributed by atoms with Crippen LogP contribution in [0.3, 0.4) is 0 Å². The molecular weight excluding hydrogens is 314 g/mol. The largest absolute Gasteiger partial charge is 0.416 e. The summed E-state index contributed by atoms with van der Waals surface area (Å²) in [7, 11) is 0. The van der Waals surface area contributed by atoms with Gasteiger partial charge in [0.25, 0.3) is 0 Å². The van der Waals surface area contributed by atoms with Crippen molar-refractivity contribution in [3.05, 3.63) is 54.6 Å². The van der Waals surface area contributed by atoms with Crippen molar-refractivity contribution in [2.24, 2.45) is 5.92 Å². The van der Waals surface area contributed by atoms with E-state index in [-0.39, 0.29) is 11.8 Å². The lowest BCUT2D eigenvalue weighted by Gasteiger charge is -2.13. The Bertz CT molecular complexity index is 839. The van der Waals surface area contributed by atoms with Gasteiger partial charge in [-0.2, -0.15) is 0 Å². The molecule has 1 amide bonds. The molecule has 1 aromatic heterocycles. The molecule has 0 radical (unpaired) electrons. The zero-order chi connectivity index (χ0) is 17.6. The minimum absolute atomic E-state index is 0.0248. The number of hydrogen-bond donors (Lipinski definition) is 1. The van der Waals surface area contributed by atoms with Crippen LogP contribution in [0.25, 0.3) is 22.9 Å². The van der Waals surface area contributed by atoms with E-state index in [9.17, 15) is 4.79 Å². The van der Waals surface area contributed by atoms with E-state index in [0.29, 0.717) is 11.8 Å². The Hall–Kier alpha value is -2.95. The molecule has 5 heteroatoms. The highest BCUT2D eigenvalue weighted by molar-refractivity contribution is 5.93. The molecule has 0 spiro atoms. The normalized spacial score (nSPS) is 10.8. The maximum absolute atomic E-state index is 12.2. The maximum atomic E-state index is 12.2. The number of aromatic nitrogens is 2. The monoisotopic (exact) mass is 335 g/mol. The number of carbonyl (C=O) groups excluding carboxylic acids is 1. The van der Waals surface area contributed by atoms with E-state index in [0.717, 1.165) is 29.7 Å². The van der Waals surface area contributed by atoms with Crippen molar-refractivity contribution in [2.75, 3.05) is 5.32 Å². The molecule has 0 aliphatic carbocycles. The van der Waals surface area contributed by atoms with Gasteiger partial charge in [-0.25, -0.2) is 0 Å². The van der Waals surface area contributed by atoms with E-state index >= 15 is 0 Å². The summed E-state index contributed by atoms with van der Waals surface area (Å²) in [5, 5.41) is 11.2. The van der Waals surface area contributed by atoms with Crippen molar-refractivity contribution in [1.29, 1.82) is 0 Å². The van der Waals surface area contributed by atoms with Crippen LogP contribution in [0.4, 0.5) is 5.69 Å². The van der Waals surface area contributed by atoms with Crippen molar-refractivity contribution in [2.45, 2.75) is 26.7 Å². The van der Waals surface area contributed by atoms with Crippen LogP contribution in [0.15, 0.2) is 59.0 Å². The first-order chi connectivity index (χ1) is 12.2. The number of hydrogen-bond acceptors (Lipinski definition) is 4. The van der Waals surface area contributed by atoms with E-state index in [2.05, 4.69) is 15.5 Å². The Morgan fingerprint density at radius 1 is 0.960 bits per heavy atom. The lowest BCUT2D eigenvalue weighted by atomic mass is 10.0. The molecule has 0 aliphatic heterocycles. The summed E-state index contributed by atoms with van der Waals surface area (Å²) in [6.45, 7) is 4.04. The standard InChI is InChI=1S/C20H21N3O2/c1-3-14(4-2)18(24)21-17-12-8-11-16(13-17)20-23-22-19(25-20)15-9-6-5-7-10-15/h5-14H,3-4H2,1-2H3,(H,21,24). The molecule has 1 N–H and O–H groups in total. The lowest BCUT2D eigenvalue weighted by molar-refractivity contribution is -0.120. The molecule has 0 saturated heterocycles. The summed E-state index contributed by atoms with van der Waals surface area (Å²) in [5.74, 6) is 0.967. The second-order valence-electron chi connectivity index (χ2n) is 5.86. The fraction of sp³-hybridized carbons (Fsp3) is 0.250. The van der Waals surface area contributed by atoms with Crippen LogP contribution in [0.2, 0.25) is 0 Å². The fourth-order valence-electron chi connectivity index (χ4n) is 2.67. The van der Waals surface area contributed by atoms with Gasteiger partial charge >= 0.3 is 0 Å².